The smallest absolute Gasteiger partial charge is 0.229 e. The number of ether oxygens (including phenoxy) is 3. The van der Waals surface area contributed by atoms with E-state index in [-0.39, 0.29) is 23.8 Å². The Bertz CT molecular complexity index is 576. The van der Waals surface area contributed by atoms with Crippen molar-refractivity contribution in [3.05, 3.63) is 18.2 Å². The molecule has 0 aliphatic carbocycles. The summed E-state index contributed by atoms with van der Waals surface area (Å²) < 4.78 is 15.5. The molecule has 2 amide bonds. The molecule has 1 heterocycles. The third-order valence-corrected chi connectivity index (χ3v) is 3.86. The molecule has 1 aromatic rings. The summed E-state index contributed by atoms with van der Waals surface area (Å²) >= 11 is 0. The quantitative estimate of drug-likeness (QED) is 0.821. The van der Waals surface area contributed by atoms with Crippen LogP contribution in [0, 0.1) is 5.92 Å². The zero-order valence-corrected chi connectivity index (χ0v) is 13.5. The van der Waals surface area contributed by atoms with Gasteiger partial charge in [0.15, 0.2) is 0 Å². The number of hydrogen-bond acceptors (Lipinski definition) is 5. The first kappa shape index (κ1) is 17.1. The predicted octanol–water partition coefficient (Wildman–Crippen LogP) is 1.18. The zero-order chi connectivity index (χ0) is 16.8. The van der Waals surface area contributed by atoms with Crippen molar-refractivity contribution in [1.29, 1.82) is 0 Å². The highest BCUT2D eigenvalue weighted by Gasteiger charge is 2.34. The molecule has 0 bridgehead atoms. The van der Waals surface area contributed by atoms with Crippen molar-refractivity contribution in [2.45, 2.75) is 18.9 Å². The summed E-state index contributed by atoms with van der Waals surface area (Å²) in [6.45, 7) is 0.291. The first-order chi connectivity index (χ1) is 11.1. The number of methoxy groups -OCH3 is 3. The van der Waals surface area contributed by atoms with Crippen molar-refractivity contribution in [3.8, 4) is 11.5 Å². The second kappa shape index (κ2) is 7.82. The summed E-state index contributed by atoms with van der Waals surface area (Å²) in [4.78, 5) is 24.1. The molecule has 2 rings (SSSR count). The van der Waals surface area contributed by atoms with Gasteiger partial charge in [0, 0.05) is 19.6 Å². The Hall–Kier alpha value is -2.28. The van der Waals surface area contributed by atoms with Crippen LogP contribution in [0.5, 0.6) is 11.5 Å². The SMILES string of the molecule is COC[C@H]1NC(=O)CC[C@H]1C(=O)Nc1cc(OC)ccc1OC. The molecule has 0 radical (unpaired) electrons. The summed E-state index contributed by atoms with van der Waals surface area (Å²) in [5, 5.41) is 5.66. The Kier molecular flexibility index (Phi) is 5.81. The number of anilines is 1. The molecule has 0 unspecified atom stereocenters. The summed E-state index contributed by atoms with van der Waals surface area (Å²) in [5.41, 5.74) is 0.532. The summed E-state index contributed by atoms with van der Waals surface area (Å²) in [5.74, 6) is 0.561. The maximum Gasteiger partial charge on any atom is 0.229 e. The maximum absolute atomic E-state index is 12.6. The van der Waals surface area contributed by atoms with E-state index >= 15 is 0 Å². The van der Waals surface area contributed by atoms with Crippen LogP contribution in [0.4, 0.5) is 5.69 Å². The molecule has 2 atom stereocenters. The molecule has 0 spiro atoms. The Morgan fingerprint density at radius 3 is 2.74 bits per heavy atom. The highest BCUT2D eigenvalue weighted by atomic mass is 16.5. The lowest BCUT2D eigenvalue weighted by atomic mass is 9.90. The van der Waals surface area contributed by atoms with Crippen molar-refractivity contribution in [3.63, 3.8) is 0 Å². The van der Waals surface area contributed by atoms with Gasteiger partial charge < -0.3 is 24.8 Å². The van der Waals surface area contributed by atoms with Crippen LogP contribution in [0.1, 0.15) is 12.8 Å². The van der Waals surface area contributed by atoms with E-state index in [9.17, 15) is 9.59 Å². The number of benzene rings is 1. The molecule has 23 heavy (non-hydrogen) atoms. The van der Waals surface area contributed by atoms with Crippen LogP contribution >= 0.6 is 0 Å². The van der Waals surface area contributed by atoms with Crippen molar-refractivity contribution in [2.24, 2.45) is 5.92 Å². The summed E-state index contributed by atoms with van der Waals surface area (Å²) in [6.07, 6.45) is 0.811. The van der Waals surface area contributed by atoms with Crippen molar-refractivity contribution >= 4 is 17.5 Å². The number of carbonyl (C=O) groups is 2. The lowest BCUT2D eigenvalue weighted by Gasteiger charge is -2.30. The van der Waals surface area contributed by atoms with Gasteiger partial charge in [-0.15, -0.1) is 0 Å². The van der Waals surface area contributed by atoms with E-state index in [1.54, 1.807) is 32.4 Å². The van der Waals surface area contributed by atoms with Gasteiger partial charge in [-0.05, 0) is 18.6 Å². The standard InChI is InChI=1S/C16H22N2O5/c1-21-9-13-11(5-7-15(19)17-13)16(20)18-12-8-10(22-2)4-6-14(12)23-3/h4,6,8,11,13H,5,7,9H2,1-3H3,(H,17,19)(H,18,20)/t11-,13-/m1/s1. The maximum atomic E-state index is 12.6. The lowest BCUT2D eigenvalue weighted by molar-refractivity contribution is -0.129. The Balaban J connectivity index is 2.15. The first-order valence-electron chi connectivity index (χ1n) is 7.40. The third kappa shape index (κ3) is 4.13. The second-order valence-electron chi connectivity index (χ2n) is 5.33. The normalized spacial score (nSPS) is 20.6. The molecule has 7 heteroatoms. The highest BCUT2D eigenvalue weighted by molar-refractivity contribution is 5.96. The van der Waals surface area contributed by atoms with Gasteiger partial charge in [-0.25, -0.2) is 0 Å². The number of amides is 2. The number of rotatable bonds is 6. The number of piperidine rings is 1. The Morgan fingerprint density at radius 2 is 2.09 bits per heavy atom. The molecule has 7 nitrogen and oxygen atoms in total. The molecule has 0 saturated carbocycles. The molecule has 0 aromatic heterocycles. The minimum Gasteiger partial charge on any atom is -0.497 e. The van der Waals surface area contributed by atoms with Gasteiger partial charge in [0.2, 0.25) is 11.8 Å². The van der Waals surface area contributed by atoms with E-state index in [0.717, 1.165) is 0 Å². The van der Waals surface area contributed by atoms with Crippen LogP contribution in [0.2, 0.25) is 0 Å². The van der Waals surface area contributed by atoms with Crippen LogP contribution in [0.15, 0.2) is 18.2 Å². The fraction of sp³-hybridized carbons (Fsp3) is 0.500. The highest BCUT2D eigenvalue weighted by Crippen LogP contribution is 2.30. The Labute approximate surface area is 135 Å². The second-order valence-corrected chi connectivity index (χ2v) is 5.33. The van der Waals surface area contributed by atoms with Gasteiger partial charge in [0.1, 0.15) is 11.5 Å². The molecule has 126 valence electrons. The van der Waals surface area contributed by atoms with Crippen LogP contribution in [0.3, 0.4) is 0 Å². The number of hydrogen-bond donors (Lipinski definition) is 2. The minimum atomic E-state index is -0.358. The van der Waals surface area contributed by atoms with Crippen molar-refractivity contribution in [2.75, 3.05) is 33.3 Å². The van der Waals surface area contributed by atoms with Gasteiger partial charge >= 0.3 is 0 Å². The fourth-order valence-electron chi connectivity index (χ4n) is 2.66. The Morgan fingerprint density at radius 1 is 1.30 bits per heavy atom. The van der Waals surface area contributed by atoms with Gasteiger partial charge in [-0.3, -0.25) is 9.59 Å². The molecule has 1 aliphatic heterocycles. The van der Waals surface area contributed by atoms with Crippen LogP contribution in [-0.4, -0.2) is 45.8 Å². The van der Waals surface area contributed by atoms with Gasteiger partial charge in [0.05, 0.1) is 38.5 Å². The molecule has 1 aromatic carbocycles. The van der Waals surface area contributed by atoms with Crippen molar-refractivity contribution < 1.29 is 23.8 Å². The van der Waals surface area contributed by atoms with Gasteiger partial charge in [0.25, 0.3) is 0 Å². The summed E-state index contributed by atoms with van der Waals surface area (Å²) in [7, 11) is 4.63. The van der Waals surface area contributed by atoms with E-state index in [2.05, 4.69) is 10.6 Å². The van der Waals surface area contributed by atoms with E-state index in [1.165, 1.54) is 7.11 Å². The fourth-order valence-corrected chi connectivity index (χ4v) is 2.66. The van der Waals surface area contributed by atoms with Crippen LogP contribution < -0.4 is 20.1 Å². The van der Waals surface area contributed by atoms with Gasteiger partial charge in [-0.1, -0.05) is 0 Å². The van der Waals surface area contributed by atoms with E-state index in [4.69, 9.17) is 14.2 Å². The van der Waals surface area contributed by atoms with E-state index in [0.29, 0.717) is 36.6 Å². The zero-order valence-electron chi connectivity index (χ0n) is 13.5. The first-order valence-corrected chi connectivity index (χ1v) is 7.40. The van der Waals surface area contributed by atoms with E-state index < -0.39 is 0 Å². The lowest BCUT2D eigenvalue weighted by Crippen LogP contribution is -2.51. The third-order valence-electron chi connectivity index (χ3n) is 3.86. The monoisotopic (exact) mass is 322 g/mol. The van der Waals surface area contributed by atoms with Crippen LogP contribution in [0.25, 0.3) is 0 Å². The van der Waals surface area contributed by atoms with E-state index in [1.807, 2.05) is 0 Å². The molecular formula is C16H22N2O5. The molecule has 1 aliphatic rings. The number of carbonyl (C=O) groups excluding carboxylic acids is 2. The number of nitrogens with one attached hydrogen (secondary N) is 2. The predicted molar refractivity (Wildman–Crippen MR) is 84.7 cm³/mol. The minimum absolute atomic E-state index is 0.0601. The molecular weight excluding hydrogens is 300 g/mol. The van der Waals surface area contributed by atoms with Crippen LogP contribution in [-0.2, 0) is 14.3 Å². The summed E-state index contributed by atoms with van der Waals surface area (Å²) in [6, 6.07) is 4.84. The topological polar surface area (TPSA) is 85.9 Å². The molecule has 1 saturated heterocycles. The van der Waals surface area contributed by atoms with Gasteiger partial charge in [-0.2, -0.15) is 0 Å². The average Bonchev–Trinajstić information content (AvgIpc) is 2.55. The van der Waals surface area contributed by atoms with Crippen molar-refractivity contribution in [1.82, 2.24) is 5.32 Å². The largest absolute Gasteiger partial charge is 0.497 e. The molecule has 1 fully saturated rings. The average molecular weight is 322 g/mol. The molecule has 2 N–H and O–H groups in total.